The summed E-state index contributed by atoms with van der Waals surface area (Å²) >= 11 is 0. The Bertz CT molecular complexity index is 3660. The molecule has 0 atom stereocenters. The third-order valence-electron chi connectivity index (χ3n) is 12.7. The minimum Gasteiger partial charge on any atom is -0.455 e. The van der Waals surface area contributed by atoms with Crippen molar-refractivity contribution in [2.45, 2.75) is 0 Å². The van der Waals surface area contributed by atoms with E-state index >= 15 is 0 Å². The first-order valence-corrected chi connectivity index (χ1v) is 21.9. The maximum Gasteiger partial charge on any atom is 0.143 e. The molecule has 0 N–H and O–H groups in total. The van der Waals surface area contributed by atoms with Crippen molar-refractivity contribution in [3.05, 3.63) is 249 Å². The third-order valence-corrected chi connectivity index (χ3v) is 12.7. The van der Waals surface area contributed by atoms with Crippen LogP contribution in [0.1, 0.15) is 0 Å². The van der Waals surface area contributed by atoms with Gasteiger partial charge in [-0.3, -0.25) is 0 Å². The summed E-state index contributed by atoms with van der Waals surface area (Å²) in [5.41, 5.74) is 16.4. The lowest BCUT2D eigenvalue weighted by molar-refractivity contribution is 0.670. The fourth-order valence-electron chi connectivity index (χ4n) is 9.79. The van der Waals surface area contributed by atoms with Gasteiger partial charge >= 0.3 is 0 Å². The fraction of sp³-hybridized carbons (Fsp3) is 0. The average Bonchev–Trinajstić information content (AvgIpc) is 3.76. The smallest absolute Gasteiger partial charge is 0.143 e. The monoisotopic (exact) mass is 815 g/mol. The molecule has 2 nitrogen and oxygen atoms in total. The van der Waals surface area contributed by atoms with Crippen LogP contribution in [0.15, 0.2) is 253 Å². The number of rotatable bonds is 8. The number of anilines is 3. The molecule has 1 heterocycles. The number of hydrogen-bond donors (Lipinski definition) is 0. The maximum absolute atomic E-state index is 6.73. The van der Waals surface area contributed by atoms with Crippen LogP contribution >= 0.6 is 0 Å². The first-order valence-electron chi connectivity index (χ1n) is 21.9. The quantitative estimate of drug-likeness (QED) is 0.142. The van der Waals surface area contributed by atoms with Crippen LogP contribution in [0.4, 0.5) is 17.1 Å². The molecule has 2 heteroatoms. The van der Waals surface area contributed by atoms with Gasteiger partial charge in [-0.1, -0.05) is 212 Å². The molecule has 0 saturated heterocycles. The molecule has 0 spiro atoms. The first kappa shape index (κ1) is 37.3. The summed E-state index contributed by atoms with van der Waals surface area (Å²) in [5.74, 6) is 0. The van der Waals surface area contributed by atoms with Crippen molar-refractivity contribution < 1.29 is 4.42 Å². The minimum absolute atomic E-state index is 0.877. The number of para-hydroxylation sites is 3. The van der Waals surface area contributed by atoms with Crippen LogP contribution < -0.4 is 4.90 Å². The molecule has 0 radical (unpaired) electrons. The van der Waals surface area contributed by atoms with Crippen LogP contribution in [0.2, 0.25) is 0 Å². The normalized spacial score (nSPS) is 11.4. The van der Waals surface area contributed by atoms with Gasteiger partial charge in [-0.25, -0.2) is 0 Å². The molecule has 300 valence electrons. The summed E-state index contributed by atoms with van der Waals surface area (Å²) in [7, 11) is 0. The molecule has 12 rings (SSSR count). The zero-order valence-corrected chi connectivity index (χ0v) is 35.0. The van der Waals surface area contributed by atoms with Crippen LogP contribution in [0.5, 0.6) is 0 Å². The van der Waals surface area contributed by atoms with Gasteiger partial charge in [-0.15, -0.1) is 0 Å². The van der Waals surface area contributed by atoms with Crippen molar-refractivity contribution in [1.29, 1.82) is 0 Å². The van der Waals surface area contributed by atoms with E-state index < -0.39 is 0 Å². The molecule has 11 aromatic carbocycles. The Kier molecular flexibility index (Phi) is 9.20. The molecule has 0 aliphatic carbocycles. The molecule has 0 saturated carbocycles. The van der Waals surface area contributed by atoms with E-state index in [1.54, 1.807) is 0 Å². The summed E-state index contributed by atoms with van der Waals surface area (Å²) in [6.07, 6.45) is 0. The molecule has 0 bridgehead atoms. The van der Waals surface area contributed by atoms with Crippen LogP contribution in [0.3, 0.4) is 0 Å². The standard InChI is InChI=1S/C62H41NO/c1-3-19-42(20-4-1)47-24-9-12-30-54(47)61-49(43-21-5-2-6-22-43)31-18-35-59(61)63(58-34-15-13-28-52(58)55-32-17-33-56-53-29-14-16-36-60(53)64-62(55)56)46-39-37-44(38-40-46)57-41-45-23-7-8-25-48(45)50-26-10-11-27-51(50)57/h1-41H. The Labute approximate surface area is 372 Å². The van der Waals surface area contributed by atoms with E-state index in [4.69, 9.17) is 4.42 Å². The highest BCUT2D eigenvalue weighted by Crippen LogP contribution is 2.51. The molecular weight excluding hydrogens is 775 g/mol. The Morgan fingerprint density at radius 3 is 1.58 bits per heavy atom. The first-order chi connectivity index (χ1) is 31.8. The van der Waals surface area contributed by atoms with E-state index in [0.717, 1.165) is 72.4 Å². The fourth-order valence-corrected chi connectivity index (χ4v) is 9.79. The number of hydrogen-bond acceptors (Lipinski definition) is 2. The summed E-state index contributed by atoms with van der Waals surface area (Å²) in [6, 6.07) is 89.7. The summed E-state index contributed by atoms with van der Waals surface area (Å²) < 4.78 is 6.73. The van der Waals surface area contributed by atoms with Gasteiger partial charge in [0.05, 0.1) is 11.4 Å². The van der Waals surface area contributed by atoms with Crippen molar-refractivity contribution in [1.82, 2.24) is 0 Å². The summed E-state index contributed by atoms with van der Waals surface area (Å²) in [6.45, 7) is 0. The van der Waals surface area contributed by atoms with E-state index in [-0.39, 0.29) is 0 Å². The number of nitrogens with zero attached hydrogens (tertiary/aromatic N) is 1. The lowest BCUT2D eigenvalue weighted by Crippen LogP contribution is -2.13. The molecule has 0 fully saturated rings. The van der Waals surface area contributed by atoms with E-state index in [1.165, 1.54) is 43.8 Å². The van der Waals surface area contributed by atoms with Gasteiger partial charge in [0.1, 0.15) is 11.2 Å². The highest BCUT2D eigenvalue weighted by Gasteiger charge is 2.26. The Balaban J connectivity index is 1.14. The second-order valence-electron chi connectivity index (χ2n) is 16.3. The van der Waals surface area contributed by atoms with Crippen molar-refractivity contribution in [2.24, 2.45) is 0 Å². The van der Waals surface area contributed by atoms with Crippen molar-refractivity contribution >= 4 is 60.5 Å². The maximum atomic E-state index is 6.73. The van der Waals surface area contributed by atoms with Gasteiger partial charge in [0, 0.05) is 33.2 Å². The zero-order chi connectivity index (χ0) is 42.4. The Morgan fingerprint density at radius 1 is 0.281 bits per heavy atom. The molecule has 0 aliphatic rings. The van der Waals surface area contributed by atoms with E-state index in [2.05, 4.69) is 248 Å². The van der Waals surface area contributed by atoms with Gasteiger partial charge in [0.15, 0.2) is 0 Å². The minimum atomic E-state index is 0.877. The molecule has 12 aromatic rings. The number of furan rings is 1. The van der Waals surface area contributed by atoms with Crippen molar-refractivity contribution in [3.8, 4) is 55.6 Å². The summed E-state index contributed by atoms with van der Waals surface area (Å²) in [4.78, 5) is 2.46. The van der Waals surface area contributed by atoms with E-state index in [9.17, 15) is 0 Å². The number of fused-ring (bicyclic) bond motifs is 6. The Morgan fingerprint density at radius 2 is 0.797 bits per heavy atom. The van der Waals surface area contributed by atoms with Crippen LogP contribution in [-0.4, -0.2) is 0 Å². The largest absolute Gasteiger partial charge is 0.455 e. The summed E-state index contributed by atoms with van der Waals surface area (Å²) in [5, 5.41) is 7.21. The molecular formula is C62H41NO. The second-order valence-corrected chi connectivity index (χ2v) is 16.3. The van der Waals surface area contributed by atoms with E-state index in [1.807, 2.05) is 6.07 Å². The zero-order valence-electron chi connectivity index (χ0n) is 35.0. The predicted octanol–water partition coefficient (Wildman–Crippen LogP) is 17.7. The second kappa shape index (κ2) is 15.8. The molecule has 0 amide bonds. The molecule has 64 heavy (non-hydrogen) atoms. The predicted molar refractivity (Wildman–Crippen MR) is 271 cm³/mol. The molecule has 1 aromatic heterocycles. The van der Waals surface area contributed by atoms with Gasteiger partial charge in [-0.05, 0) is 96.9 Å². The van der Waals surface area contributed by atoms with E-state index in [0.29, 0.717) is 0 Å². The Hall–Kier alpha value is -8.46. The highest BCUT2D eigenvalue weighted by atomic mass is 16.3. The molecule has 0 unspecified atom stereocenters. The lowest BCUT2D eigenvalue weighted by Gasteiger charge is -2.31. The SMILES string of the molecule is c1ccc(-c2ccccc2-c2c(-c3ccccc3)cccc2N(c2ccc(-c3cc4ccccc4c4ccccc34)cc2)c2ccccc2-c2cccc3c2oc2ccccc23)cc1. The van der Waals surface area contributed by atoms with Crippen LogP contribution in [0.25, 0.3) is 99.1 Å². The lowest BCUT2D eigenvalue weighted by atomic mass is 9.87. The number of benzene rings is 11. The topological polar surface area (TPSA) is 16.4 Å². The van der Waals surface area contributed by atoms with Gasteiger partial charge < -0.3 is 9.32 Å². The van der Waals surface area contributed by atoms with Gasteiger partial charge in [0.25, 0.3) is 0 Å². The molecule has 0 aliphatic heterocycles. The van der Waals surface area contributed by atoms with Gasteiger partial charge in [0.2, 0.25) is 0 Å². The van der Waals surface area contributed by atoms with Crippen LogP contribution in [0, 0.1) is 0 Å². The van der Waals surface area contributed by atoms with Gasteiger partial charge in [-0.2, -0.15) is 0 Å². The third kappa shape index (κ3) is 6.35. The van der Waals surface area contributed by atoms with Crippen molar-refractivity contribution in [3.63, 3.8) is 0 Å². The average molecular weight is 816 g/mol. The van der Waals surface area contributed by atoms with Crippen molar-refractivity contribution in [2.75, 3.05) is 4.90 Å². The highest BCUT2D eigenvalue weighted by molar-refractivity contribution is 6.14. The van der Waals surface area contributed by atoms with Crippen LogP contribution in [-0.2, 0) is 0 Å².